The average Bonchev–Trinajstić information content (AvgIpc) is 3.18. The van der Waals surface area contributed by atoms with Crippen molar-refractivity contribution in [2.24, 2.45) is 0 Å². The van der Waals surface area contributed by atoms with Crippen molar-refractivity contribution in [3.63, 3.8) is 0 Å². The fraction of sp³-hybridized carbons (Fsp3) is 0.304. The van der Waals surface area contributed by atoms with Gasteiger partial charge in [-0.05, 0) is 32.0 Å². The number of nitrogens with one attached hydrogen (secondary N) is 1. The molecule has 160 valence electrons. The minimum absolute atomic E-state index is 0.0245. The highest BCUT2D eigenvalue weighted by Crippen LogP contribution is 2.32. The van der Waals surface area contributed by atoms with Crippen LogP contribution in [-0.2, 0) is 6.54 Å². The molecule has 8 heteroatoms. The van der Waals surface area contributed by atoms with Gasteiger partial charge in [0.2, 0.25) is 11.3 Å². The van der Waals surface area contributed by atoms with Gasteiger partial charge in [-0.2, -0.15) is 0 Å². The number of hydrogen-bond donors (Lipinski definition) is 1. The maximum absolute atomic E-state index is 15.7. The van der Waals surface area contributed by atoms with Crippen LogP contribution in [-0.4, -0.2) is 35.2 Å². The monoisotopic (exact) mass is 424 g/mol. The largest absolute Gasteiger partial charge is 0.436 e. The quantitative estimate of drug-likeness (QED) is 0.540. The number of aromatic nitrogens is 2. The Bertz CT molecular complexity index is 1330. The lowest BCUT2D eigenvalue weighted by Gasteiger charge is -2.34. The number of hydrogen-bond acceptors (Lipinski definition) is 5. The first kappa shape index (κ1) is 19.7. The summed E-state index contributed by atoms with van der Waals surface area (Å²) in [6.45, 7) is 5.81. The Hall–Kier alpha value is -3.26. The van der Waals surface area contributed by atoms with Crippen molar-refractivity contribution >= 4 is 27.7 Å². The highest BCUT2D eigenvalue weighted by Gasteiger charge is 2.27. The molecule has 1 aliphatic rings. The number of oxazole rings is 1. The molecule has 2 aromatic carbocycles. The van der Waals surface area contributed by atoms with Gasteiger partial charge in [0.05, 0.1) is 10.9 Å². The first-order valence-electron chi connectivity index (χ1n) is 10.4. The molecule has 5 rings (SSSR count). The number of rotatable bonds is 3. The van der Waals surface area contributed by atoms with E-state index in [1.807, 2.05) is 26.0 Å². The van der Waals surface area contributed by atoms with Crippen molar-refractivity contribution in [3.8, 4) is 11.5 Å². The molecule has 0 radical (unpaired) electrons. The Kier molecular flexibility index (Phi) is 4.74. The number of nitrogens with zero attached hydrogens (tertiary/aromatic N) is 3. The van der Waals surface area contributed by atoms with Crippen LogP contribution in [0, 0.1) is 11.6 Å². The van der Waals surface area contributed by atoms with Crippen LogP contribution in [0.15, 0.2) is 45.7 Å². The first-order valence-corrected chi connectivity index (χ1v) is 10.4. The highest BCUT2D eigenvalue weighted by atomic mass is 19.1. The van der Waals surface area contributed by atoms with E-state index >= 15 is 8.78 Å². The van der Waals surface area contributed by atoms with E-state index < -0.39 is 17.1 Å². The highest BCUT2D eigenvalue weighted by molar-refractivity contribution is 5.88. The molecule has 1 atom stereocenters. The SMILES string of the molecule is CCn1cc(-c2nc3ccccc3o2)c(=O)c2cc(F)c(N3CCNC(C)C3)c(F)c21. The Balaban J connectivity index is 1.74. The number of anilines is 1. The van der Waals surface area contributed by atoms with Crippen molar-refractivity contribution in [3.05, 3.63) is 58.4 Å². The van der Waals surface area contributed by atoms with Crippen LogP contribution in [0.4, 0.5) is 14.5 Å². The van der Waals surface area contributed by atoms with Gasteiger partial charge in [0, 0.05) is 38.4 Å². The first-order chi connectivity index (χ1) is 15.0. The maximum atomic E-state index is 15.7. The minimum Gasteiger partial charge on any atom is -0.436 e. The summed E-state index contributed by atoms with van der Waals surface area (Å²) < 4.78 is 38.2. The summed E-state index contributed by atoms with van der Waals surface area (Å²) in [6, 6.07) is 8.42. The summed E-state index contributed by atoms with van der Waals surface area (Å²) in [5, 5.41) is 3.24. The molecule has 1 fully saturated rings. The molecule has 1 N–H and O–H groups in total. The third-order valence-electron chi connectivity index (χ3n) is 5.78. The third-order valence-corrected chi connectivity index (χ3v) is 5.78. The summed E-state index contributed by atoms with van der Waals surface area (Å²) in [6.07, 6.45) is 1.54. The van der Waals surface area contributed by atoms with Gasteiger partial charge in [-0.25, -0.2) is 13.8 Å². The molecule has 0 spiro atoms. The number of pyridine rings is 1. The lowest BCUT2D eigenvalue weighted by atomic mass is 10.1. The summed E-state index contributed by atoms with van der Waals surface area (Å²) >= 11 is 0. The number of piperazine rings is 1. The number of benzene rings is 2. The van der Waals surface area contributed by atoms with E-state index in [2.05, 4.69) is 10.3 Å². The van der Waals surface area contributed by atoms with Gasteiger partial charge in [0.1, 0.15) is 22.6 Å². The predicted molar refractivity (Wildman–Crippen MR) is 116 cm³/mol. The van der Waals surface area contributed by atoms with Crippen molar-refractivity contribution in [2.45, 2.75) is 26.4 Å². The van der Waals surface area contributed by atoms with Crippen LogP contribution in [0.3, 0.4) is 0 Å². The number of para-hydroxylation sites is 2. The Morgan fingerprint density at radius 1 is 1.29 bits per heavy atom. The van der Waals surface area contributed by atoms with E-state index in [1.165, 1.54) is 0 Å². The minimum atomic E-state index is -0.742. The van der Waals surface area contributed by atoms with Gasteiger partial charge in [-0.1, -0.05) is 12.1 Å². The summed E-state index contributed by atoms with van der Waals surface area (Å²) in [4.78, 5) is 19.3. The van der Waals surface area contributed by atoms with E-state index in [4.69, 9.17) is 4.42 Å². The maximum Gasteiger partial charge on any atom is 0.232 e. The molecule has 4 aromatic rings. The molecule has 1 unspecified atom stereocenters. The van der Waals surface area contributed by atoms with Gasteiger partial charge in [0.15, 0.2) is 11.4 Å². The summed E-state index contributed by atoms with van der Waals surface area (Å²) in [5.74, 6) is -1.32. The topological polar surface area (TPSA) is 63.3 Å². The molecule has 1 aliphatic heterocycles. The predicted octanol–water partition coefficient (Wildman–Crippen LogP) is 3.91. The normalized spacial score (nSPS) is 17.0. The van der Waals surface area contributed by atoms with Crippen molar-refractivity contribution in [1.29, 1.82) is 0 Å². The summed E-state index contributed by atoms with van der Waals surface area (Å²) in [5.41, 5.74) is 0.824. The van der Waals surface area contributed by atoms with Crippen molar-refractivity contribution in [1.82, 2.24) is 14.9 Å². The van der Waals surface area contributed by atoms with E-state index in [9.17, 15) is 4.79 Å². The Labute approximate surface area is 177 Å². The number of aryl methyl sites for hydroxylation is 1. The second-order valence-electron chi connectivity index (χ2n) is 7.86. The zero-order chi connectivity index (χ0) is 21.7. The third kappa shape index (κ3) is 3.18. The van der Waals surface area contributed by atoms with Crippen molar-refractivity contribution in [2.75, 3.05) is 24.5 Å². The van der Waals surface area contributed by atoms with E-state index in [1.54, 1.807) is 27.8 Å². The van der Waals surface area contributed by atoms with Gasteiger partial charge in [-0.15, -0.1) is 0 Å². The van der Waals surface area contributed by atoms with Gasteiger partial charge >= 0.3 is 0 Å². The standard InChI is InChI=1S/C23H22F2N4O2/c1-3-28-12-15(23-27-17-6-4-5-7-18(17)31-23)22(30)14-10-16(24)21(19(25)20(14)28)29-9-8-26-13(2)11-29/h4-7,10,12-13,26H,3,8-9,11H2,1-2H3. The number of fused-ring (bicyclic) bond motifs is 2. The zero-order valence-corrected chi connectivity index (χ0v) is 17.3. The second kappa shape index (κ2) is 7.46. The zero-order valence-electron chi connectivity index (χ0n) is 17.3. The van der Waals surface area contributed by atoms with Gasteiger partial charge < -0.3 is 19.2 Å². The summed E-state index contributed by atoms with van der Waals surface area (Å²) in [7, 11) is 0. The fourth-order valence-corrected chi connectivity index (χ4v) is 4.29. The average molecular weight is 424 g/mol. The Morgan fingerprint density at radius 3 is 2.84 bits per heavy atom. The molecular weight excluding hydrogens is 402 g/mol. The van der Waals surface area contributed by atoms with Crippen LogP contribution in [0.2, 0.25) is 0 Å². The molecular formula is C23H22F2N4O2. The molecule has 3 heterocycles. The molecule has 0 saturated carbocycles. The van der Waals surface area contributed by atoms with Crippen LogP contribution in [0.1, 0.15) is 13.8 Å². The van der Waals surface area contributed by atoms with Crippen molar-refractivity contribution < 1.29 is 13.2 Å². The molecule has 31 heavy (non-hydrogen) atoms. The van der Waals surface area contributed by atoms with Crippen LogP contribution >= 0.6 is 0 Å². The van der Waals surface area contributed by atoms with E-state index in [0.717, 1.165) is 6.07 Å². The van der Waals surface area contributed by atoms with Gasteiger partial charge in [0.25, 0.3) is 0 Å². The fourth-order valence-electron chi connectivity index (χ4n) is 4.29. The Morgan fingerprint density at radius 2 is 2.10 bits per heavy atom. The van der Waals surface area contributed by atoms with E-state index in [-0.39, 0.29) is 34.1 Å². The second-order valence-corrected chi connectivity index (χ2v) is 7.86. The smallest absolute Gasteiger partial charge is 0.232 e. The molecule has 1 saturated heterocycles. The van der Waals surface area contributed by atoms with Crippen LogP contribution in [0.25, 0.3) is 33.5 Å². The molecule has 0 amide bonds. The molecule has 0 aliphatic carbocycles. The molecule has 0 bridgehead atoms. The van der Waals surface area contributed by atoms with Gasteiger partial charge in [-0.3, -0.25) is 4.79 Å². The van der Waals surface area contributed by atoms with Crippen LogP contribution in [0.5, 0.6) is 0 Å². The molecule has 2 aromatic heterocycles. The molecule has 6 nitrogen and oxygen atoms in total. The van der Waals surface area contributed by atoms with Crippen LogP contribution < -0.4 is 15.6 Å². The number of halogens is 2. The van der Waals surface area contributed by atoms with E-state index in [0.29, 0.717) is 37.3 Å². The lowest BCUT2D eigenvalue weighted by Crippen LogP contribution is -2.49. The lowest BCUT2D eigenvalue weighted by molar-refractivity contribution is 0.470.